The lowest BCUT2D eigenvalue weighted by molar-refractivity contribution is 0.0959. The first-order valence-corrected chi connectivity index (χ1v) is 9.34. The van der Waals surface area contributed by atoms with E-state index in [0.29, 0.717) is 29.5 Å². The highest BCUT2D eigenvalue weighted by molar-refractivity contribution is 6.30. The molecule has 0 atom stereocenters. The summed E-state index contributed by atoms with van der Waals surface area (Å²) < 4.78 is 32.8. The van der Waals surface area contributed by atoms with E-state index in [1.807, 2.05) is 23.5 Å². The summed E-state index contributed by atoms with van der Waals surface area (Å²) in [5.41, 5.74) is 0.598. The van der Waals surface area contributed by atoms with Gasteiger partial charge in [-0.05, 0) is 54.1 Å². The molecule has 0 heterocycles. The van der Waals surface area contributed by atoms with E-state index in [4.69, 9.17) is 16.3 Å². The van der Waals surface area contributed by atoms with Crippen LogP contribution in [-0.4, -0.2) is 18.5 Å². The van der Waals surface area contributed by atoms with Crippen molar-refractivity contribution >= 4 is 29.2 Å². The molecule has 8 heteroatoms. The van der Waals surface area contributed by atoms with Crippen molar-refractivity contribution in [1.82, 2.24) is 5.32 Å². The van der Waals surface area contributed by atoms with Gasteiger partial charge in [0.1, 0.15) is 22.9 Å². The normalized spacial score (nSPS) is 10.4. The minimum atomic E-state index is -1.18. The molecule has 154 valence electrons. The van der Waals surface area contributed by atoms with Gasteiger partial charge >= 0.3 is 6.03 Å². The Labute approximate surface area is 176 Å². The Morgan fingerprint density at radius 1 is 0.933 bits per heavy atom. The lowest BCUT2D eigenvalue weighted by Gasteiger charge is -2.10. The lowest BCUT2D eigenvalue weighted by atomic mass is 10.2. The molecule has 0 fully saturated rings. The van der Waals surface area contributed by atoms with Gasteiger partial charge in [-0.15, -0.1) is 0 Å². The first-order chi connectivity index (χ1) is 14.4. The molecule has 0 bridgehead atoms. The Morgan fingerprint density at radius 2 is 1.60 bits per heavy atom. The lowest BCUT2D eigenvalue weighted by Crippen LogP contribution is -2.35. The van der Waals surface area contributed by atoms with Crippen molar-refractivity contribution in [2.75, 3.05) is 11.9 Å². The van der Waals surface area contributed by atoms with Crippen LogP contribution < -0.4 is 15.4 Å². The minimum Gasteiger partial charge on any atom is -0.493 e. The zero-order valence-electron chi connectivity index (χ0n) is 15.6. The average molecular weight is 431 g/mol. The molecule has 30 heavy (non-hydrogen) atoms. The Kier molecular flexibility index (Phi) is 6.98. The van der Waals surface area contributed by atoms with Crippen LogP contribution >= 0.6 is 11.6 Å². The van der Waals surface area contributed by atoms with Crippen LogP contribution in [-0.2, 0) is 6.42 Å². The highest BCUT2D eigenvalue weighted by Gasteiger charge is 2.19. The van der Waals surface area contributed by atoms with Crippen LogP contribution in [0.25, 0.3) is 0 Å². The van der Waals surface area contributed by atoms with E-state index in [0.717, 1.165) is 23.8 Å². The molecular weight excluding hydrogens is 414 g/mol. The van der Waals surface area contributed by atoms with Crippen molar-refractivity contribution in [2.45, 2.75) is 6.42 Å². The van der Waals surface area contributed by atoms with Crippen molar-refractivity contribution in [3.05, 3.63) is 94.5 Å². The quantitative estimate of drug-likeness (QED) is 0.564. The molecule has 3 aromatic rings. The Bertz CT molecular complexity index is 1040. The third-order valence-electron chi connectivity index (χ3n) is 4.08. The second-order valence-electron chi connectivity index (χ2n) is 6.26. The molecule has 0 aromatic heterocycles. The SMILES string of the molecule is O=C(NC(=O)c1c(F)cccc1F)Nc1ccc(OCCc2cccc(Cl)c2)cc1. The third-order valence-corrected chi connectivity index (χ3v) is 4.31. The smallest absolute Gasteiger partial charge is 0.326 e. The standard InChI is InChI=1S/C22H17ClF2N2O3/c23-15-4-1-3-14(13-15)11-12-30-17-9-7-16(8-10-17)26-22(29)27-21(28)20-18(24)5-2-6-19(20)25/h1-10,13H,11-12H2,(H2,26,27,28,29). The molecule has 3 rings (SSSR count). The predicted octanol–water partition coefficient (Wildman–Crippen LogP) is 5.20. The summed E-state index contributed by atoms with van der Waals surface area (Å²) in [6.07, 6.45) is 0.678. The van der Waals surface area contributed by atoms with Gasteiger partial charge in [0.15, 0.2) is 0 Å². The van der Waals surface area contributed by atoms with Crippen LogP contribution in [0.2, 0.25) is 5.02 Å². The number of halogens is 3. The molecule has 2 N–H and O–H groups in total. The maximum absolute atomic E-state index is 13.6. The van der Waals surface area contributed by atoms with E-state index in [1.54, 1.807) is 30.3 Å². The Balaban J connectivity index is 1.50. The van der Waals surface area contributed by atoms with Gasteiger partial charge in [0.25, 0.3) is 5.91 Å². The zero-order chi connectivity index (χ0) is 21.5. The summed E-state index contributed by atoms with van der Waals surface area (Å²) in [5.74, 6) is -2.70. The van der Waals surface area contributed by atoms with Gasteiger partial charge in [-0.2, -0.15) is 0 Å². The molecule has 5 nitrogen and oxygen atoms in total. The number of carbonyl (C=O) groups excluding carboxylic acids is 2. The molecule has 0 aliphatic heterocycles. The molecular formula is C22H17ClF2N2O3. The molecule has 0 saturated carbocycles. The van der Waals surface area contributed by atoms with E-state index in [9.17, 15) is 18.4 Å². The van der Waals surface area contributed by atoms with Crippen LogP contribution in [0.5, 0.6) is 5.75 Å². The van der Waals surface area contributed by atoms with E-state index in [-0.39, 0.29) is 0 Å². The fraction of sp³-hybridized carbons (Fsp3) is 0.0909. The number of hydrogen-bond donors (Lipinski definition) is 2. The summed E-state index contributed by atoms with van der Waals surface area (Å²) in [5, 5.41) is 4.96. The van der Waals surface area contributed by atoms with Gasteiger partial charge in [0.2, 0.25) is 0 Å². The number of ether oxygens (including phenoxy) is 1. The summed E-state index contributed by atoms with van der Waals surface area (Å²) >= 11 is 5.94. The molecule has 0 spiro atoms. The van der Waals surface area contributed by atoms with Gasteiger partial charge in [0, 0.05) is 17.1 Å². The molecule has 0 radical (unpaired) electrons. The summed E-state index contributed by atoms with van der Waals surface area (Å²) in [7, 11) is 0. The number of urea groups is 1. The number of amides is 3. The molecule has 0 aliphatic rings. The largest absolute Gasteiger partial charge is 0.493 e. The number of carbonyl (C=O) groups is 2. The topological polar surface area (TPSA) is 67.4 Å². The van der Waals surface area contributed by atoms with Crippen molar-refractivity contribution in [1.29, 1.82) is 0 Å². The highest BCUT2D eigenvalue weighted by Crippen LogP contribution is 2.17. The van der Waals surface area contributed by atoms with E-state index in [1.165, 1.54) is 0 Å². The number of rotatable bonds is 6. The van der Waals surface area contributed by atoms with Crippen molar-refractivity contribution in [2.24, 2.45) is 0 Å². The third kappa shape index (κ3) is 5.78. The van der Waals surface area contributed by atoms with Crippen molar-refractivity contribution in [3.8, 4) is 5.75 Å². The van der Waals surface area contributed by atoms with Crippen molar-refractivity contribution in [3.63, 3.8) is 0 Å². The number of nitrogens with one attached hydrogen (secondary N) is 2. The summed E-state index contributed by atoms with van der Waals surface area (Å²) in [6.45, 7) is 0.441. The molecule has 0 saturated heterocycles. The highest BCUT2D eigenvalue weighted by atomic mass is 35.5. The van der Waals surface area contributed by atoms with E-state index in [2.05, 4.69) is 5.32 Å². The number of imide groups is 1. The van der Waals surface area contributed by atoms with Gasteiger partial charge < -0.3 is 10.1 Å². The summed E-state index contributed by atoms with van der Waals surface area (Å²) in [6, 6.07) is 16.0. The van der Waals surface area contributed by atoms with E-state index < -0.39 is 29.1 Å². The fourth-order valence-corrected chi connectivity index (χ4v) is 2.87. The number of anilines is 1. The van der Waals surface area contributed by atoms with Crippen LogP contribution in [0.1, 0.15) is 15.9 Å². The van der Waals surface area contributed by atoms with E-state index >= 15 is 0 Å². The number of hydrogen-bond acceptors (Lipinski definition) is 3. The molecule has 3 aromatic carbocycles. The fourth-order valence-electron chi connectivity index (χ4n) is 2.66. The second kappa shape index (κ2) is 9.84. The molecule has 0 aliphatic carbocycles. The monoisotopic (exact) mass is 430 g/mol. The van der Waals surface area contributed by atoms with Gasteiger partial charge in [-0.1, -0.05) is 29.8 Å². The van der Waals surface area contributed by atoms with Crippen molar-refractivity contribution < 1.29 is 23.1 Å². The number of benzene rings is 3. The Hall–Kier alpha value is -3.45. The van der Waals surface area contributed by atoms with Gasteiger partial charge in [0.05, 0.1) is 6.61 Å². The van der Waals surface area contributed by atoms with Crippen LogP contribution in [0.15, 0.2) is 66.7 Å². The zero-order valence-corrected chi connectivity index (χ0v) is 16.4. The summed E-state index contributed by atoms with van der Waals surface area (Å²) in [4.78, 5) is 23.8. The Morgan fingerprint density at radius 3 is 2.27 bits per heavy atom. The molecule has 3 amide bonds. The average Bonchev–Trinajstić information content (AvgIpc) is 2.69. The first-order valence-electron chi connectivity index (χ1n) is 8.96. The first kappa shape index (κ1) is 21.3. The second-order valence-corrected chi connectivity index (χ2v) is 6.69. The molecule has 0 unspecified atom stereocenters. The van der Waals surface area contributed by atoms with Gasteiger partial charge in [-0.3, -0.25) is 10.1 Å². The maximum atomic E-state index is 13.6. The maximum Gasteiger partial charge on any atom is 0.326 e. The predicted molar refractivity (Wildman–Crippen MR) is 110 cm³/mol. The van der Waals surface area contributed by atoms with Gasteiger partial charge in [-0.25, -0.2) is 13.6 Å². The van der Waals surface area contributed by atoms with Crippen LogP contribution in [0.3, 0.4) is 0 Å². The van der Waals surface area contributed by atoms with Crippen LogP contribution in [0, 0.1) is 11.6 Å². The minimum absolute atomic E-state index is 0.372. The van der Waals surface area contributed by atoms with Crippen LogP contribution in [0.4, 0.5) is 19.3 Å².